The standard InChI is InChI=1S/C24H16ClF2N5O/c1-13-7-14(25)9-15(8-13)28-20-3-2-4-21-17(20)5-6-22(29-21)23-12-32(31-30-23)16-10-18(26)24(33)19(27)11-16/h2-12,28,33H,1H3. The summed E-state index contributed by atoms with van der Waals surface area (Å²) in [7, 11) is 0. The fraction of sp³-hybridized carbons (Fsp3) is 0.0417. The van der Waals surface area contributed by atoms with Crippen molar-refractivity contribution in [3.63, 3.8) is 0 Å². The van der Waals surface area contributed by atoms with Crippen molar-refractivity contribution in [3.05, 3.63) is 89.1 Å². The van der Waals surface area contributed by atoms with Gasteiger partial charge < -0.3 is 10.4 Å². The van der Waals surface area contributed by atoms with Gasteiger partial charge in [0.1, 0.15) is 5.69 Å². The molecule has 0 unspecified atom stereocenters. The summed E-state index contributed by atoms with van der Waals surface area (Å²) in [6.45, 7) is 1.97. The fourth-order valence-corrected chi connectivity index (χ4v) is 3.85. The van der Waals surface area contributed by atoms with E-state index in [4.69, 9.17) is 11.6 Å². The Morgan fingerprint density at radius 1 is 0.970 bits per heavy atom. The molecule has 0 aliphatic heterocycles. The molecule has 2 heterocycles. The van der Waals surface area contributed by atoms with Gasteiger partial charge in [0.05, 0.1) is 23.1 Å². The Morgan fingerprint density at radius 2 is 1.76 bits per heavy atom. The molecule has 0 saturated heterocycles. The molecule has 9 heteroatoms. The lowest BCUT2D eigenvalue weighted by molar-refractivity contribution is 0.395. The Kier molecular flexibility index (Phi) is 5.14. The molecule has 0 aliphatic rings. The fourth-order valence-electron chi connectivity index (χ4n) is 3.56. The van der Waals surface area contributed by atoms with Crippen LogP contribution in [-0.2, 0) is 0 Å². The van der Waals surface area contributed by atoms with Gasteiger partial charge in [0, 0.05) is 33.9 Å². The Hall–Kier alpha value is -4.04. The first kappa shape index (κ1) is 20.8. The minimum Gasteiger partial charge on any atom is -0.503 e. The number of phenols is 1. The van der Waals surface area contributed by atoms with Gasteiger partial charge >= 0.3 is 0 Å². The molecule has 5 rings (SSSR count). The molecule has 6 nitrogen and oxygen atoms in total. The van der Waals surface area contributed by atoms with E-state index in [9.17, 15) is 13.9 Å². The Balaban J connectivity index is 1.48. The van der Waals surface area contributed by atoms with Crippen LogP contribution in [0.25, 0.3) is 28.0 Å². The molecule has 0 aliphatic carbocycles. The first-order valence-corrected chi connectivity index (χ1v) is 10.3. The lowest BCUT2D eigenvalue weighted by Crippen LogP contribution is -1.97. The van der Waals surface area contributed by atoms with Crippen LogP contribution in [0.4, 0.5) is 20.2 Å². The molecular weight excluding hydrogens is 448 g/mol. The highest BCUT2D eigenvalue weighted by Crippen LogP contribution is 2.30. The van der Waals surface area contributed by atoms with Crippen molar-refractivity contribution in [2.45, 2.75) is 6.92 Å². The molecule has 164 valence electrons. The van der Waals surface area contributed by atoms with E-state index in [0.717, 1.165) is 40.0 Å². The van der Waals surface area contributed by atoms with Crippen LogP contribution in [0.1, 0.15) is 5.56 Å². The van der Waals surface area contributed by atoms with Gasteiger partial charge in [-0.05, 0) is 55.0 Å². The van der Waals surface area contributed by atoms with Gasteiger partial charge in [-0.3, -0.25) is 0 Å². The van der Waals surface area contributed by atoms with Gasteiger partial charge in [0.2, 0.25) is 0 Å². The molecule has 3 aromatic carbocycles. The number of hydrogen-bond acceptors (Lipinski definition) is 5. The summed E-state index contributed by atoms with van der Waals surface area (Å²) >= 11 is 6.17. The van der Waals surface area contributed by atoms with Crippen LogP contribution in [0.3, 0.4) is 0 Å². The van der Waals surface area contributed by atoms with E-state index in [2.05, 4.69) is 20.6 Å². The highest BCUT2D eigenvalue weighted by molar-refractivity contribution is 6.31. The second-order valence-electron chi connectivity index (χ2n) is 7.52. The van der Waals surface area contributed by atoms with E-state index in [-0.39, 0.29) is 5.69 Å². The zero-order valence-electron chi connectivity index (χ0n) is 17.2. The van der Waals surface area contributed by atoms with Crippen molar-refractivity contribution in [3.8, 4) is 22.8 Å². The second-order valence-corrected chi connectivity index (χ2v) is 7.95. The molecule has 0 fully saturated rings. The van der Waals surface area contributed by atoms with E-state index in [1.165, 1.54) is 10.9 Å². The topological polar surface area (TPSA) is 75.9 Å². The summed E-state index contributed by atoms with van der Waals surface area (Å²) in [5.41, 5.74) is 4.57. The summed E-state index contributed by atoms with van der Waals surface area (Å²) in [5, 5.41) is 22.2. The minimum absolute atomic E-state index is 0.0886. The van der Waals surface area contributed by atoms with Crippen molar-refractivity contribution < 1.29 is 13.9 Å². The SMILES string of the molecule is Cc1cc(Cl)cc(Nc2cccc3nc(-c4cn(-c5cc(F)c(O)c(F)c5)nn4)ccc23)c1. The zero-order valence-corrected chi connectivity index (χ0v) is 18.0. The molecule has 33 heavy (non-hydrogen) atoms. The summed E-state index contributed by atoms with van der Waals surface area (Å²) < 4.78 is 28.6. The number of pyridine rings is 1. The number of aryl methyl sites for hydroxylation is 1. The first-order chi connectivity index (χ1) is 15.9. The Morgan fingerprint density at radius 3 is 2.52 bits per heavy atom. The van der Waals surface area contributed by atoms with E-state index in [1.807, 2.05) is 49.4 Å². The third-order valence-electron chi connectivity index (χ3n) is 5.08. The van der Waals surface area contributed by atoms with Gasteiger partial charge in [-0.15, -0.1) is 5.10 Å². The number of phenolic OH excluding ortho intramolecular Hbond substituents is 1. The number of rotatable bonds is 4. The molecule has 0 amide bonds. The largest absolute Gasteiger partial charge is 0.503 e. The number of aromatic hydroxyl groups is 1. The smallest absolute Gasteiger partial charge is 0.187 e. The number of halogens is 3. The van der Waals surface area contributed by atoms with Crippen molar-refractivity contribution in [2.24, 2.45) is 0 Å². The van der Waals surface area contributed by atoms with Crippen LogP contribution in [0, 0.1) is 18.6 Å². The monoisotopic (exact) mass is 463 g/mol. The van der Waals surface area contributed by atoms with Crippen molar-refractivity contribution in [2.75, 3.05) is 5.32 Å². The normalized spacial score (nSPS) is 11.2. The molecule has 0 atom stereocenters. The maximum atomic E-state index is 13.7. The van der Waals surface area contributed by atoms with Crippen molar-refractivity contribution in [1.29, 1.82) is 0 Å². The highest BCUT2D eigenvalue weighted by atomic mass is 35.5. The number of nitrogens with one attached hydrogen (secondary N) is 1. The average molecular weight is 464 g/mol. The van der Waals surface area contributed by atoms with Crippen LogP contribution in [0.5, 0.6) is 5.75 Å². The molecule has 0 radical (unpaired) electrons. The lowest BCUT2D eigenvalue weighted by Gasteiger charge is -2.11. The van der Waals surface area contributed by atoms with Gasteiger partial charge in [-0.2, -0.15) is 0 Å². The predicted octanol–water partition coefficient (Wildman–Crippen LogP) is 6.17. The van der Waals surface area contributed by atoms with Gasteiger partial charge in [0.25, 0.3) is 0 Å². The third-order valence-corrected chi connectivity index (χ3v) is 5.29. The predicted molar refractivity (Wildman–Crippen MR) is 123 cm³/mol. The number of hydrogen-bond donors (Lipinski definition) is 2. The second kappa shape index (κ2) is 8.14. The van der Waals surface area contributed by atoms with Crippen LogP contribution >= 0.6 is 11.6 Å². The number of aromatic nitrogens is 4. The third kappa shape index (κ3) is 4.08. The van der Waals surface area contributed by atoms with E-state index < -0.39 is 17.4 Å². The average Bonchev–Trinajstić information content (AvgIpc) is 3.27. The number of benzene rings is 3. The number of nitrogens with zero attached hydrogens (tertiary/aromatic N) is 4. The van der Waals surface area contributed by atoms with Gasteiger partial charge in [0.15, 0.2) is 17.4 Å². The maximum absolute atomic E-state index is 13.7. The lowest BCUT2D eigenvalue weighted by atomic mass is 10.1. The molecule has 5 aromatic rings. The van der Waals surface area contributed by atoms with Gasteiger partial charge in [-0.25, -0.2) is 18.4 Å². The molecule has 0 bridgehead atoms. The summed E-state index contributed by atoms with van der Waals surface area (Å²) in [6.07, 6.45) is 1.51. The van der Waals surface area contributed by atoms with Crippen LogP contribution in [0.15, 0.2) is 66.9 Å². The van der Waals surface area contributed by atoms with Gasteiger partial charge in [-0.1, -0.05) is 22.9 Å². The molecule has 0 spiro atoms. The summed E-state index contributed by atoms with van der Waals surface area (Å²) in [6, 6.07) is 17.1. The zero-order chi connectivity index (χ0) is 23.1. The number of anilines is 2. The van der Waals surface area contributed by atoms with Crippen molar-refractivity contribution in [1.82, 2.24) is 20.0 Å². The quantitative estimate of drug-likeness (QED) is 0.333. The Labute approximate surface area is 192 Å². The van der Waals surface area contributed by atoms with Crippen LogP contribution in [0.2, 0.25) is 5.02 Å². The van der Waals surface area contributed by atoms with Crippen LogP contribution in [-0.4, -0.2) is 25.1 Å². The highest BCUT2D eigenvalue weighted by Gasteiger charge is 2.14. The first-order valence-electron chi connectivity index (χ1n) is 9.92. The van der Waals surface area contributed by atoms with Crippen LogP contribution < -0.4 is 5.32 Å². The summed E-state index contributed by atoms with van der Waals surface area (Å²) in [5.74, 6) is -3.20. The van der Waals surface area contributed by atoms with E-state index >= 15 is 0 Å². The van der Waals surface area contributed by atoms with E-state index in [0.29, 0.717) is 16.4 Å². The minimum atomic E-state index is -1.08. The Bertz CT molecular complexity index is 1480. The molecule has 0 saturated carbocycles. The number of fused-ring (bicyclic) bond motifs is 1. The molecule has 2 N–H and O–H groups in total. The summed E-state index contributed by atoms with van der Waals surface area (Å²) in [4.78, 5) is 4.67. The molecule has 2 aromatic heterocycles. The maximum Gasteiger partial charge on any atom is 0.187 e. The molecular formula is C24H16ClF2N5O. The van der Waals surface area contributed by atoms with Crippen molar-refractivity contribution >= 4 is 33.9 Å². The van der Waals surface area contributed by atoms with E-state index in [1.54, 1.807) is 6.07 Å².